The fourth-order valence-electron chi connectivity index (χ4n) is 3.15. The summed E-state index contributed by atoms with van der Waals surface area (Å²) < 4.78 is 0. The minimum Gasteiger partial charge on any atom is -0.377 e. The van der Waals surface area contributed by atoms with Crippen molar-refractivity contribution >= 4 is 17.3 Å². The van der Waals surface area contributed by atoms with Crippen LogP contribution in [0, 0.1) is 10.1 Å². The lowest BCUT2D eigenvalue weighted by Gasteiger charge is -2.19. The van der Waals surface area contributed by atoms with Gasteiger partial charge in [-0.3, -0.25) is 14.9 Å². The lowest BCUT2D eigenvalue weighted by Crippen LogP contribution is -2.28. The first-order valence-corrected chi connectivity index (χ1v) is 7.82. The number of amides is 1. The minimum absolute atomic E-state index is 0.0528. The van der Waals surface area contributed by atoms with E-state index in [0.29, 0.717) is 11.3 Å². The van der Waals surface area contributed by atoms with Crippen LogP contribution < -0.4 is 10.2 Å². The standard InChI is InChI=1S/C18H19N3O3/c1-20(2)17-10-8-13(21(23)24)11-15(17)18(22)19-16-9-7-12-5-3-4-6-14(12)16/h3-6,8,10-11,16H,7,9H2,1-2H3,(H,19,22)/t16-/m0/s1. The molecule has 0 radical (unpaired) electrons. The van der Waals surface area contributed by atoms with Gasteiger partial charge in [0.1, 0.15) is 0 Å². The normalized spacial score (nSPS) is 15.7. The number of nitro groups is 1. The Balaban J connectivity index is 1.90. The van der Waals surface area contributed by atoms with Crippen molar-refractivity contribution in [1.29, 1.82) is 0 Å². The Bertz CT molecular complexity index is 802. The van der Waals surface area contributed by atoms with Crippen molar-refractivity contribution < 1.29 is 9.72 Å². The number of nitrogens with one attached hydrogen (secondary N) is 1. The maximum absolute atomic E-state index is 12.8. The lowest BCUT2D eigenvalue weighted by atomic mass is 10.1. The molecule has 24 heavy (non-hydrogen) atoms. The van der Waals surface area contributed by atoms with Crippen molar-refractivity contribution in [3.05, 3.63) is 69.3 Å². The van der Waals surface area contributed by atoms with E-state index in [-0.39, 0.29) is 17.6 Å². The summed E-state index contributed by atoms with van der Waals surface area (Å²) in [6.45, 7) is 0. The van der Waals surface area contributed by atoms with Crippen molar-refractivity contribution in [3.63, 3.8) is 0 Å². The van der Waals surface area contributed by atoms with Crippen LogP contribution in [-0.2, 0) is 6.42 Å². The highest BCUT2D eigenvalue weighted by atomic mass is 16.6. The second-order valence-corrected chi connectivity index (χ2v) is 6.12. The molecule has 2 aromatic rings. The summed E-state index contributed by atoms with van der Waals surface area (Å²) in [4.78, 5) is 25.1. The van der Waals surface area contributed by atoms with Gasteiger partial charge in [-0.25, -0.2) is 0 Å². The van der Waals surface area contributed by atoms with Gasteiger partial charge in [0.05, 0.1) is 16.5 Å². The number of carbonyl (C=O) groups is 1. The Hall–Kier alpha value is -2.89. The van der Waals surface area contributed by atoms with Gasteiger partial charge in [-0.05, 0) is 30.0 Å². The van der Waals surface area contributed by atoms with E-state index in [1.54, 1.807) is 11.0 Å². The van der Waals surface area contributed by atoms with Gasteiger partial charge in [0, 0.05) is 31.9 Å². The molecule has 1 amide bonds. The number of carbonyl (C=O) groups excluding carboxylic acids is 1. The molecule has 2 aromatic carbocycles. The Labute approximate surface area is 140 Å². The average Bonchev–Trinajstić information content (AvgIpc) is 2.97. The van der Waals surface area contributed by atoms with Gasteiger partial charge in [-0.2, -0.15) is 0 Å². The number of fused-ring (bicyclic) bond motifs is 1. The van der Waals surface area contributed by atoms with Gasteiger partial charge in [-0.15, -0.1) is 0 Å². The van der Waals surface area contributed by atoms with Gasteiger partial charge in [0.2, 0.25) is 0 Å². The van der Waals surface area contributed by atoms with Crippen LogP contribution in [0.25, 0.3) is 0 Å². The Morgan fingerprint density at radius 3 is 2.71 bits per heavy atom. The van der Waals surface area contributed by atoms with Crippen LogP contribution >= 0.6 is 0 Å². The number of anilines is 1. The highest BCUT2D eigenvalue weighted by molar-refractivity contribution is 6.00. The van der Waals surface area contributed by atoms with E-state index in [0.717, 1.165) is 18.4 Å². The van der Waals surface area contributed by atoms with E-state index >= 15 is 0 Å². The molecule has 3 rings (SSSR count). The molecule has 1 aliphatic rings. The van der Waals surface area contributed by atoms with Gasteiger partial charge in [0.25, 0.3) is 11.6 Å². The second kappa shape index (κ2) is 6.31. The van der Waals surface area contributed by atoms with Crippen LogP contribution in [0.4, 0.5) is 11.4 Å². The lowest BCUT2D eigenvalue weighted by molar-refractivity contribution is -0.384. The van der Waals surface area contributed by atoms with E-state index in [1.807, 2.05) is 32.3 Å². The molecule has 6 nitrogen and oxygen atoms in total. The summed E-state index contributed by atoms with van der Waals surface area (Å²) in [7, 11) is 3.62. The van der Waals surface area contributed by atoms with Gasteiger partial charge >= 0.3 is 0 Å². The van der Waals surface area contributed by atoms with Crippen LogP contribution in [-0.4, -0.2) is 24.9 Å². The van der Waals surface area contributed by atoms with E-state index in [2.05, 4.69) is 11.4 Å². The summed E-state index contributed by atoms with van der Waals surface area (Å²) in [5.41, 5.74) is 3.26. The van der Waals surface area contributed by atoms with Crippen LogP contribution in [0.1, 0.15) is 33.9 Å². The van der Waals surface area contributed by atoms with E-state index in [9.17, 15) is 14.9 Å². The number of non-ortho nitro benzene ring substituents is 1. The largest absolute Gasteiger partial charge is 0.377 e. The highest BCUT2D eigenvalue weighted by Gasteiger charge is 2.26. The Morgan fingerprint density at radius 2 is 2.00 bits per heavy atom. The van der Waals surface area contributed by atoms with Crippen LogP contribution in [0.5, 0.6) is 0 Å². The molecule has 0 saturated carbocycles. The van der Waals surface area contributed by atoms with Crippen molar-refractivity contribution in [2.45, 2.75) is 18.9 Å². The van der Waals surface area contributed by atoms with E-state index < -0.39 is 4.92 Å². The van der Waals surface area contributed by atoms with Crippen molar-refractivity contribution in [2.75, 3.05) is 19.0 Å². The number of hydrogen-bond acceptors (Lipinski definition) is 4. The molecule has 0 heterocycles. The molecule has 0 fully saturated rings. The summed E-state index contributed by atoms with van der Waals surface area (Å²) in [5.74, 6) is -0.288. The third-order valence-corrected chi connectivity index (χ3v) is 4.36. The van der Waals surface area contributed by atoms with Crippen molar-refractivity contribution in [1.82, 2.24) is 5.32 Å². The molecule has 6 heteroatoms. The first-order valence-electron chi connectivity index (χ1n) is 7.82. The maximum Gasteiger partial charge on any atom is 0.270 e. The SMILES string of the molecule is CN(C)c1ccc([N+](=O)[O-])cc1C(=O)N[C@H]1CCc2ccccc21. The van der Waals surface area contributed by atoms with Crippen molar-refractivity contribution in [2.24, 2.45) is 0 Å². The smallest absolute Gasteiger partial charge is 0.270 e. The number of benzene rings is 2. The highest BCUT2D eigenvalue weighted by Crippen LogP contribution is 2.32. The number of nitrogens with zero attached hydrogens (tertiary/aromatic N) is 2. The molecule has 1 atom stereocenters. The Morgan fingerprint density at radius 1 is 1.25 bits per heavy atom. The molecular formula is C18H19N3O3. The molecule has 124 valence electrons. The molecule has 0 aromatic heterocycles. The summed E-state index contributed by atoms with van der Waals surface area (Å²) in [5, 5.41) is 14.0. The molecule has 1 aliphatic carbocycles. The molecule has 0 spiro atoms. The molecule has 0 unspecified atom stereocenters. The van der Waals surface area contributed by atoms with Crippen LogP contribution in [0.3, 0.4) is 0 Å². The van der Waals surface area contributed by atoms with Crippen LogP contribution in [0.2, 0.25) is 0 Å². The summed E-state index contributed by atoms with van der Waals surface area (Å²) in [6, 6.07) is 12.4. The zero-order valence-electron chi connectivity index (χ0n) is 13.7. The first-order chi connectivity index (χ1) is 11.5. The van der Waals surface area contributed by atoms with Gasteiger partial charge in [0.15, 0.2) is 0 Å². The fraction of sp³-hybridized carbons (Fsp3) is 0.278. The molecular weight excluding hydrogens is 306 g/mol. The molecule has 0 saturated heterocycles. The number of aryl methyl sites for hydroxylation is 1. The summed E-state index contributed by atoms with van der Waals surface area (Å²) >= 11 is 0. The Kier molecular flexibility index (Phi) is 4.20. The second-order valence-electron chi connectivity index (χ2n) is 6.12. The van der Waals surface area contributed by atoms with Gasteiger partial charge < -0.3 is 10.2 Å². The predicted molar refractivity (Wildman–Crippen MR) is 92.4 cm³/mol. The zero-order valence-corrected chi connectivity index (χ0v) is 13.7. The third kappa shape index (κ3) is 2.95. The third-order valence-electron chi connectivity index (χ3n) is 4.36. The fourth-order valence-corrected chi connectivity index (χ4v) is 3.15. The predicted octanol–water partition coefficient (Wildman–Crippen LogP) is 3.08. The number of nitro benzene ring substituents is 1. The van der Waals surface area contributed by atoms with Crippen molar-refractivity contribution in [3.8, 4) is 0 Å². The quantitative estimate of drug-likeness (QED) is 0.692. The molecule has 1 N–H and O–H groups in total. The summed E-state index contributed by atoms with van der Waals surface area (Å²) in [6.07, 6.45) is 1.77. The zero-order chi connectivity index (χ0) is 17.3. The number of hydrogen-bond donors (Lipinski definition) is 1. The maximum atomic E-state index is 12.8. The van der Waals surface area contributed by atoms with Crippen LogP contribution in [0.15, 0.2) is 42.5 Å². The van der Waals surface area contributed by atoms with E-state index in [1.165, 1.54) is 17.7 Å². The minimum atomic E-state index is -0.485. The molecule has 0 aliphatic heterocycles. The molecule has 0 bridgehead atoms. The topological polar surface area (TPSA) is 75.5 Å². The first kappa shape index (κ1) is 16.0. The number of rotatable bonds is 4. The van der Waals surface area contributed by atoms with Gasteiger partial charge in [-0.1, -0.05) is 24.3 Å². The van der Waals surface area contributed by atoms with E-state index in [4.69, 9.17) is 0 Å². The monoisotopic (exact) mass is 325 g/mol. The average molecular weight is 325 g/mol.